The van der Waals surface area contributed by atoms with E-state index in [-0.39, 0.29) is 0 Å². The lowest BCUT2D eigenvalue weighted by Crippen LogP contribution is -2.04. The van der Waals surface area contributed by atoms with Gasteiger partial charge >= 0.3 is 0 Å². The summed E-state index contributed by atoms with van der Waals surface area (Å²) >= 11 is 0. The topological polar surface area (TPSA) is 25.8 Å². The van der Waals surface area contributed by atoms with Crippen LogP contribution in [0.25, 0.3) is 88.5 Å². The highest BCUT2D eigenvalue weighted by Crippen LogP contribution is 2.41. The van der Waals surface area contributed by atoms with E-state index in [0.717, 1.165) is 46.7 Å². The molecule has 1 aliphatic carbocycles. The maximum atomic E-state index is 5.18. The number of rotatable bonds is 4. The van der Waals surface area contributed by atoms with E-state index in [1.165, 1.54) is 65.7 Å². The van der Waals surface area contributed by atoms with Crippen molar-refractivity contribution in [3.63, 3.8) is 0 Å². The number of aryl methyl sites for hydroxylation is 2. The lowest BCUT2D eigenvalue weighted by molar-refractivity contribution is 0.951. The molecule has 10 rings (SSSR count). The van der Waals surface area contributed by atoms with Gasteiger partial charge in [-0.05, 0) is 96.7 Å². The maximum absolute atomic E-state index is 5.18. The molecule has 0 N–H and O–H groups in total. The molecule has 8 aromatic carbocycles. The predicted octanol–water partition coefficient (Wildman–Crippen LogP) is 12.4. The molecule has 1 aromatic heterocycles. The Morgan fingerprint density at radius 2 is 1.04 bits per heavy atom. The summed E-state index contributed by atoms with van der Waals surface area (Å²) in [6.45, 7) is 0. The number of benzene rings is 8. The third-order valence-electron chi connectivity index (χ3n) is 10.4. The third-order valence-corrected chi connectivity index (χ3v) is 10.4. The van der Waals surface area contributed by atoms with E-state index in [0.29, 0.717) is 0 Å². The number of fused-ring (bicyclic) bond motifs is 7. The van der Waals surface area contributed by atoms with Gasteiger partial charge in [0.1, 0.15) is 0 Å². The molecular weight excluding hydrogens is 605 g/mol. The molecular formula is C48H32N2. The molecule has 0 amide bonds. The second-order valence-electron chi connectivity index (χ2n) is 13.3. The minimum absolute atomic E-state index is 0.724. The van der Waals surface area contributed by atoms with Gasteiger partial charge in [0.15, 0.2) is 5.82 Å². The minimum Gasteiger partial charge on any atom is -0.228 e. The molecule has 9 aromatic rings. The van der Waals surface area contributed by atoms with E-state index in [9.17, 15) is 0 Å². The van der Waals surface area contributed by atoms with Gasteiger partial charge < -0.3 is 0 Å². The Morgan fingerprint density at radius 1 is 0.340 bits per heavy atom. The first kappa shape index (κ1) is 28.6. The van der Waals surface area contributed by atoms with Crippen molar-refractivity contribution in [3.8, 4) is 56.2 Å². The SMILES string of the molecule is c1ccc(-c2nc(-c3ccc4ccccc4c3)cc(-c3cccc4cc(-c5cccc6c7c(ccc56)-c5ccccc5CC7)ccc34)n2)cc1. The van der Waals surface area contributed by atoms with Gasteiger partial charge in [-0.25, -0.2) is 9.97 Å². The fourth-order valence-corrected chi connectivity index (χ4v) is 7.93. The van der Waals surface area contributed by atoms with Gasteiger partial charge in [0.25, 0.3) is 0 Å². The summed E-state index contributed by atoms with van der Waals surface area (Å²) in [5, 5.41) is 7.45. The molecule has 234 valence electrons. The van der Waals surface area contributed by atoms with Gasteiger partial charge in [-0.15, -0.1) is 0 Å². The van der Waals surface area contributed by atoms with Crippen LogP contribution < -0.4 is 0 Å². The first-order valence-electron chi connectivity index (χ1n) is 17.4. The van der Waals surface area contributed by atoms with Crippen LogP contribution in [0.4, 0.5) is 0 Å². The fraction of sp³-hybridized carbons (Fsp3) is 0.0417. The van der Waals surface area contributed by atoms with Gasteiger partial charge in [0, 0.05) is 16.7 Å². The molecule has 1 aliphatic rings. The Labute approximate surface area is 291 Å². The number of hydrogen-bond donors (Lipinski definition) is 0. The monoisotopic (exact) mass is 636 g/mol. The molecule has 50 heavy (non-hydrogen) atoms. The first-order chi connectivity index (χ1) is 24.8. The van der Waals surface area contributed by atoms with Crippen molar-refractivity contribution in [1.82, 2.24) is 9.97 Å². The van der Waals surface area contributed by atoms with Crippen LogP contribution in [0.2, 0.25) is 0 Å². The second kappa shape index (κ2) is 11.6. The largest absolute Gasteiger partial charge is 0.228 e. The van der Waals surface area contributed by atoms with E-state index in [4.69, 9.17) is 9.97 Å². The van der Waals surface area contributed by atoms with Crippen LogP contribution in [0.1, 0.15) is 11.1 Å². The van der Waals surface area contributed by atoms with Crippen LogP contribution in [0.3, 0.4) is 0 Å². The Balaban J connectivity index is 1.10. The minimum atomic E-state index is 0.724. The van der Waals surface area contributed by atoms with Gasteiger partial charge in [-0.1, -0.05) is 152 Å². The van der Waals surface area contributed by atoms with Crippen molar-refractivity contribution in [3.05, 3.63) is 181 Å². The summed E-state index contributed by atoms with van der Waals surface area (Å²) in [5.74, 6) is 0.724. The lowest BCUT2D eigenvalue weighted by atomic mass is 9.82. The molecule has 0 saturated carbocycles. The fourth-order valence-electron chi connectivity index (χ4n) is 7.93. The Bertz CT molecular complexity index is 2760. The first-order valence-corrected chi connectivity index (χ1v) is 17.4. The zero-order valence-corrected chi connectivity index (χ0v) is 27.5. The van der Waals surface area contributed by atoms with E-state index in [1.807, 2.05) is 18.2 Å². The highest BCUT2D eigenvalue weighted by atomic mass is 14.9. The van der Waals surface area contributed by atoms with E-state index < -0.39 is 0 Å². The van der Waals surface area contributed by atoms with Crippen LogP contribution in [0.15, 0.2) is 170 Å². The molecule has 0 bridgehead atoms. The molecule has 0 unspecified atom stereocenters. The predicted molar refractivity (Wildman–Crippen MR) is 209 cm³/mol. The van der Waals surface area contributed by atoms with Crippen molar-refractivity contribution in [2.75, 3.05) is 0 Å². The average molecular weight is 637 g/mol. The highest BCUT2D eigenvalue weighted by Gasteiger charge is 2.19. The highest BCUT2D eigenvalue weighted by molar-refractivity contribution is 6.05. The van der Waals surface area contributed by atoms with Crippen molar-refractivity contribution >= 4 is 32.3 Å². The molecule has 0 aliphatic heterocycles. The van der Waals surface area contributed by atoms with Crippen LogP contribution in [0.5, 0.6) is 0 Å². The number of aromatic nitrogens is 2. The molecule has 2 heteroatoms. The summed E-state index contributed by atoms with van der Waals surface area (Å²) in [6, 6.07) is 61.2. The van der Waals surface area contributed by atoms with Crippen molar-refractivity contribution < 1.29 is 0 Å². The number of hydrogen-bond acceptors (Lipinski definition) is 2. The maximum Gasteiger partial charge on any atom is 0.160 e. The number of nitrogens with zero attached hydrogens (tertiary/aromatic N) is 2. The summed E-state index contributed by atoms with van der Waals surface area (Å²) in [4.78, 5) is 10.3. The standard InChI is InChI=1S/C48H32N2/c1-2-12-33(13-3-1)48-49-46(37-21-20-31-10-4-5-14-34(31)28-37)30-47(50-48)45-19-8-15-35-29-36(23-24-40(35)45)39-17-9-18-41-43(39)27-26-42-38-16-7-6-11-32(38)22-25-44(41)42/h1-21,23-24,26-30H,22,25H2. The average Bonchev–Trinajstić information content (AvgIpc) is 3.20. The van der Waals surface area contributed by atoms with E-state index >= 15 is 0 Å². The summed E-state index contributed by atoms with van der Waals surface area (Å²) in [6.07, 6.45) is 2.15. The molecule has 0 atom stereocenters. The van der Waals surface area contributed by atoms with Crippen LogP contribution in [-0.4, -0.2) is 9.97 Å². The van der Waals surface area contributed by atoms with Gasteiger partial charge in [0.2, 0.25) is 0 Å². The quantitative estimate of drug-likeness (QED) is 0.192. The van der Waals surface area contributed by atoms with Crippen LogP contribution >= 0.6 is 0 Å². The summed E-state index contributed by atoms with van der Waals surface area (Å²) < 4.78 is 0. The Kier molecular flexibility index (Phi) is 6.67. The van der Waals surface area contributed by atoms with Gasteiger partial charge in [-0.3, -0.25) is 0 Å². The normalized spacial score (nSPS) is 12.2. The molecule has 2 nitrogen and oxygen atoms in total. The zero-order valence-electron chi connectivity index (χ0n) is 27.5. The third kappa shape index (κ3) is 4.80. The van der Waals surface area contributed by atoms with Crippen molar-refractivity contribution in [2.24, 2.45) is 0 Å². The molecule has 1 heterocycles. The van der Waals surface area contributed by atoms with Gasteiger partial charge in [0.05, 0.1) is 11.4 Å². The Hall–Kier alpha value is -6.38. The van der Waals surface area contributed by atoms with Crippen LogP contribution in [-0.2, 0) is 12.8 Å². The second-order valence-corrected chi connectivity index (χ2v) is 13.3. The Morgan fingerprint density at radius 3 is 1.98 bits per heavy atom. The molecule has 0 spiro atoms. The smallest absolute Gasteiger partial charge is 0.160 e. The zero-order chi connectivity index (χ0) is 33.0. The van der Waals surface area contributed by atoms with E-state index in [1.54, 1.807) is 0 Å². The summed E-state index contributed by atoms with van der Waals surface area (Å²) in [7, 11) is 0. The molecule has 0 fully saturated rings. The summed E-state index contributed by atoms with van der Waals surface area (Å²) in [5.41, 5.74) is 13.2. The lowest BCUT2D eigenvalue weighted by Gasteiger charge is -2.22. The molecule has 0 saturated heterocycles. The van der Waals surface area contributed by atoms with Gasteiger partial charge in [-0.2, -0.15) is 0 Å². The van der Waals surface area contributed by atoms with E-state index in [2.05, 4.69) is 152 Å². The van der Waals surface area contributed by atoms with Crippen molar-refractivity contribution in [1.29, 1.82) is 0 Å². The molecule has 0 radical (unpaired) electrons. The van der Waals surface area contributed by atoms with Crippen LogP contribution in [0, 0.1) is 0 Å². The van der Waals surface area contributed by atoms with Crippen molar-refractivity contribution in [2.45, 2.75) is 12.8 Å².